The first-order chi connectivity index (χ1) is 15.3. The van der Waals surface area contributed by atoms with Crippen LogP contribution in [0.2, 0.25) is 0 Å². The zero-order valence-corrected chi connectivity index (χ0v) is 18.5. The molecule has 0 bridgehead atoms. The van der Waals surface area contributed by atoms with E-state index in [2.05, 4.69) is 15.6 Å². The highest BCUT2D eigenvalue weighted by Gasteiger charge is 2.32. The van der Waals surface area contributed by atoms with Crippen molar-refractivity contribution in [1.82, 2.24) is 10.6 Å². The van der Waals surface area contributed by atoms with E-state index in [4.69, 9.17) is 0 Å². The smallest absolute Gasteiger partial charge is 0.321 e. The Bertz CT molecular complexity index is 1050. The lowest BCUT2D eigenvalue weighted by molar-refractivity contribution is -0.117. The summed E-state index contributed by atoms with van der Waals surface area (Å²) in [5.41, 5.74) is 1.41. The molecule has 0 saturated carbocycles. The summed E-state index contributed by atoms with van der Waals surface area (Å²) in [4.78, 5) is 42.7. The number of aliphatic imine (C=N–C) groups is 1. The Labute approximate surface area is 189 Å². The maximum atomic E-state index is 13.4. The standard InChI is InChI=1S/C23H23FN4O3S/c1-15(2)13-25-22(31)27-20(29)14-32-23-26-19(12-16-6-4-3-5-7-16)21(30)28(23)18-10-8-17(24)9-11-18/h3-12,15H,13-14H2,1-2H3,(H2,25,27,29,31). The number of nitrogens with one attached hydrogen (secondary N) is 2. The van der Waals surface area contributed by atoms with Crippen molar-refractivity contribution in [2.75, 3.05) is 17.2 Å². The minimum atomic E-state index is -0.575. The first kappa shape index (κ1) is 23.2. The van der Waals surface area contributed by atoms with E-state index >= 15 is 0 Å². The van der Waals surface area contributed by atoms with Gasteiger partial charge in [0, 0.05) is 6.54 Å². The van der Waals surface area contributed by atoms with Gasteiger partial charge < -0.3 is 5.32 Å². The van der Waals surface area contributed by atoms with E-state index < -0.39 is 23.7 Å². The Balaban J connectivity index is 1.76. The third-order valence-corrected chi connectivity index (χ3v) is 5.21. The Morgan fingerprint density at radius 3 is 2.47 bits per heavy atom. The van der Waals surface area contributed by atoms with E-state index in [-0.39, 0.29) is 22.5 Å². The molecule has 4 amide bonds. The topological polar surface area (TPSA) is 90.9 Å². The van der Waals surface area contributed by atoms with Crippen molar-refractivity contribution >= 4 is 46.5 Å². The molecule has 2 N–H and O–H groups in total. The number of halogens is 1. The van der Waals surface area contributed by atoms with Gasteiger partial charge in [-0.25, -0.2) is 14.2 Å². The number of thioether (sulfide) groups is 1. The average Bonchev–Trinajstić information content (AvgIpc) is 3.07. The van der Waals surface area contributed by atoms with Crippen LogP contribution in [0.25, 0.3) is 6.08 Å². The summed E-state index contributed by atoms with van der Waals surface area (Å²) in [5.74, 6) is -1.22. The zero-order chi connectivity index (χ0) is 23.1. The van der Waals surface area contributed by atoms with Gasteiger partial charge in [0.25, 0.3) is 5.91 Å². The molecular formula is C23H23FN4O3S. The molecular weight excluding hydrogens is 431 g/mol. The first-order valence-corrected chi connectivity index (χ1v) is 11.0. The molecule has 0 atom stereocenters. The van der Waals surface area contributed by atoms with Gasteiger partial charge in [-0.3, -0.25) is 19.8 Å². The lowest BCUT2D eigenvalue weighted by Crippen LogP contribution is -2.42. The lowest BCUT2D eigenvalue weighted by atomic mass is 10.2. The van der Waals surface area contributed by atoms with Crippen LogP contribution in [-0.2, 0) is 9.59 Å². The van der Waals surface area contributed by atoms with Crippen molar-refractivity contribution in [3.63, 3.8) is 0 Å². The number of benzene rings is 2. The molecule has 166 valence electrons. The maximum Gasteiger partial charge on any atom is 0.321 e. The monoisotopic (exact) mass is 454 g/mol. The van der Waals surface area contributed by atoms with Gasteiger partial charge in [0.2, 0.25) is 5.91 Å². The fourth-order valence-corrected chi connectivity index (χ4v) is 3.56. The second-order valence-corrected chi connectivity index (χ2v) is 8.33. The highest BCUT2D eigenvalue weighted by Crippen LogP contribution is 2.29. The van der Waals surface area contributed by atoms with Gasteiger partial charge in [-0.1, -0.05) is 55.9 Å². The van der Waals surface area contributed by atoms with Gasteiger partial charge in [-0.05, 0) is 41.8 Å². The van der Waals surface area contributed by atoms with E-state index in [1.807, 2.05) is 44.2 Å². The second kappa shape index (κ2) is 10.7. The SMILES string of the molecule is CC(C)CNC(=O)NC(=O)CSC1=NC(=Cc2ccccc2)C(=O)N1c1ccc(F)cc1. The Kier molecular flexibility index (Phi) is 7.77. The Morgan fingerprint density at radius 2 is 1.81 bits per heavy atom. The number of imide groups is 1. The van der Waals surface area contributed by atoms with Gasteiger partial charge in [-0.2, -0.15) is 0 Å². The van der Waals surface area contributed by atoms with Crippen molar-refractivity contribution in [2.24, 2.45) is 10.9 Å². The minimum Gasteiger partial charge on any atom is -0.338 e. The van der Waals surface area contributed by atoms with Crippen molar-refractivity contribution in [2.45, 2.75) is 13.8 Å². The average molecular weight is 455 g/mol. The Hall–Kier alpha value is -3.46. The molecule has 32 heavy (non-hydrogen) atoms. The number of nitrogens with zero attached hydrogens (tertiary/aromatic N) is 2. The highest BCUT2D eigenvalue weighted by atomic mass is 32.2. The number of carbonyl (C=O) groups is 3. The summed E-state index contributed by atoms with van der Waals surface area (Å²) in [6.07, 6.45) is 1.64. The summed E-state index contributed by atoms with van der Waals surface area (Å²) in [5, 5.41) is 5.12. The molecule has 9 heteroatoms. The number of amides is 4. The molecule has 7 nitrogen and oxygen atoms in total. The molecule has 0 aliphatic carbocycles. The van der Waals surface area contributed by atoms with Gasteiger partial charge >= 0.3 is 6.03 Å². The molecule has 0 saturated heterocycles. The fourth-order valence-electron chi connectivity index (χ4n) is 2.75. The molecule has 1 heterocycles. The van der Waals surface area contributed by atoms with E-state index in [9.17, 15) is 18.8 Å². The van der Waals surface area contributed by atoms with Crippen LogP contribution in [0.1, 0.15) is 19.4 Å². The third-order valence-electron chi connectivity index (χ3n) is 4.27. The summed E-state index contributed by atoms with van der Waals surface area (Å²) in [7, 11) is 0. The van der Waals surface area contributed by atoms with Crippen LogP contribution < -0.4 is 15.5 Å². The van der Waals surface area contributed by atoms with Crippen molar-refractivity contribution in [3.05, 3.63) is 71.7 Å². The van der Waals surface area contributed by atoms with Crippen LogP contribution in [0.4, 0.5) is 14.9 Å². The molecule has 0 aromatic heterocycles. The van der Waals surface area contributed by atoms with E-state index in [0.29, 0.717) is 12.2 Å². The van der Waals surface area contributed by atoms with Crippen LogP contribution in [0.5, 0.6) is 0 Å². The van der Waals surface area contributed by atoms with Crippen LogP contribution >= 0.6 is 11.8 Å². The highest BCUT2D eigenvalue weighted by molar-refractivity contribution is 8.14. The summed E-state index contributed by atoms with van der Waals surface area (Å²) in [6.45, 7) is 4.33. The van der Waals surface area contributed by atoms with E-state index in [1.54, 1.807) is 6.08 Å². The molecule has 1 aliphatic rings. The predicted molar refractivity (Wildman–Crippen MR) is 125 cm³/mol. The third kappa shape index (κ3) is 6.27. The predicted octanol–water partition coefficient (Wildman–Crippen LogP) is 3.78. The van der Waals surface area contributed by atoms with Gasteiger partial charge in [-0.15, -0.1) is 0 Å². The number of rotatable bonds is 6. The number of hydrogen-bond donors (Lipinski definition) is 2. The van der Waals surface area contributed by atoms with Gasteiger partial charge in [0.05, 0.1) is 11.4 Å². The second-order valence-electron chi connectivity index (χ2n) is 7.39. The van der Waals surface area contributed by atoms with E-state index in [1.165, 1.54) is 29.2 Å². The van der Waals surface area contributed by atoms with Crippen LogP contribution in [0.15, 0.2) is 65.3 Å². The van der Waals surface area contributed by atoms with Crippen molar-refractivity contribution in [3.8, 4) is 0 Å². The number of hydrogen-bond acceptors (Lipinski definition) is 5. The normalized spacial score (nSPS) is 14.6. The zero-order valence-electron chi connectivity index (χ0n) is 17.7. The van der Waals surface area contributed by atoms with Crippen LogP contribution in [0.3, 0.4) is 0 Å². The number of carbonyl (C=O) groups excluding carboxylic acids is 3. The number of anilines is 1. The molecule has 3 rings (SSSR count). The molecule has 0 radical (unpaired) electrons. The maximum absolute atomic E-state index is 13.4. The molecule has 2 aromatic rings. The van der Waals surface area contributed by atoms with Crippen LogP contribution in [-0.4, -0.2) is 35.3 Å². The quantitative estimate of drug-likeness (QED) is 0.650. The van der Waals surface area contributed by atoms with Crippen LogP contribution in [0, 0.1) is 11.7 Å². The Morgan fingerprint density at radius 1 is 1.12 bits per heavy atom. The summed E-state index contributed by atoms with van der Waals surface area (Å²) < 4.78 is 13.4. The van der Waals surface area contributed by atoms with Crippen molar-refractivity contribution in [1.29, 1.82) is 0 Å². The largest absolute Gasteiger partial charge is 0.338 e. The molecule has 0 spiro atoms. The first-order valence-electron chi connectivity index (χ1n) is 9.99. The van der Waals surface area contributed by atoms with E-state index in [0.717, 1.165) is 17.3 Å². The van der Waals surface area contributed by atoms with Gasteiger partial charge in [0.15, 0.2) is 5.17 Å². The summed E-state index contributed by atoms with van der Waals surface area (Å²) in [6, 6.07) is 14.1. The van der Waals surface area contributed by atoms with Crippen molar-refractivity contribution < 1.29 is 18.8 Å². The molecule has 0 unspecified atom stereocenters. The fraction of sp³-hybridized carbons (Fsp3) is 0.217. The lowest BCUT2D eigenvalue weighted by Gasteiger charge is -2.17. The molecule has 0 fully saturated rings. The molecule has 2 aromatic carbocycles. The number of amidine groups is 1. The summed E-state index contributed by atoms with van der Waals surface area (Å²) >= 11 is 1.01. The molecule has 1 aliphatic heterocycles. The minimum absolute atomic E-state index is 0.127. The van der Waals surface area contributed by atoms with Gasteiger partial charge in [0.1, 0.15) is 11.5 Å². The number of urea groups is 1.